The Morgan fingerprint density at radius 2 is 1.93 bits per heavy atom. The quantitative estimate of drug-likeness (QED) is 0.640. The fourth-order valence-corrected chi connectivity index (χ4v) is 3.66. The summed E-state index contributed by atoms with van der Waals surface area (Å²) < 4.78 is 14.5. The van der Waals surface area contributed by atoms with E-state index < -0.39 is 5.92 Å². The second-order valence-corrected chi connectivity index (χ2v) is 7.23. The van der Waals surface area contributed by atoms with Gasteiger partial charge in [0.05, 0.1) is 23.0 Å². The minimum atomic E-state index is -0.404. The van der Waals surface area contributed by atoms with Crippen LogP contribution in [0.5, 0.6) is 0 Å². The van der Waals surface area contributed by atoms with E-state index in [2.05, 4.69) is 10.1 Å². The maximum absolute atomic E-state index is 13.2. The summed E-state index contributed by atoms with van der Waals surface area (Å²) >= 11 is 0. The molecule has 8 nitrogen and oxygen atoms in total. The Labute approximate surface area is 171 Å². The molecule has 1 aromatic carbocycles. The molecule has 1 aliphatic rings. The first-order valence-electron chi connectivity index (χ1n) is 9.55. The lowest BCUT2D eigenvalue weighted by Crippen LogP contribution is -2.42. The highest BCUT2D eigenvalue weighted by Gasteiger charge is 2.31. The van der Waals surface area contributed by atoms with Crippen LogP contribution in [0.15, 0.2) is 53.6 Å². The highest BCUT2D eigenvalue weighted by molar-refractivity contribution is 6.02. The standard InChI is InChI=1S/C21H20FN5O3/c22-15-4-6-16(7-5-15)27-20(23)17(11-25-27)19(29)14-2-1-9-26(12-14)21(30)13-3-8-18(28)24-10-13/h3-8,10-11,14H,1-2,9,12,23H2,(H,24,28)/t14-/m1/s1. The van der Waals surface area contributed by atoms with Gasteiger partial charge in [-0.15, -0.1) is 0 Å². The number of amides is 1. The van der Waals surface area contributed by atoms with Crippen molar-refractivity contribution in [2.75, 3.05) is 18.8 Å². The van der Waals surface area contributed by atoms with Crippen LogP contribution in [-0.2, 0) is 0 Å². The molecule has 0 unspecified atom stereocenters. The summed E-state index contributed by atoms with van der Waals surface area (Å²) in [5, 5.41) is 4.18. The molecule has 0 spiro atoms. The van der Waals surface area contributed by atoms with Gasteiger partial charge in [-0.2, -0.15) is 5.10 Å². The first-order valence-corrected chi connectivity index (χ1v) is 9.55. The number of halogens is 1. The number of nitrogens with zero attached hydrogens (tertiary/aromatic N) is 3. The van der Waals surface area contributed by atoms with E-state index in [1.165, 1.54) is 53.5 Å². The van der Waals surface area contributed by atoms with Crippen molar-refractivity contribution in [1.29, 1.82) is 0 Å². The number of nitrogen functional groups attached to an aromatic ring is 1. The van der Waals surface area contributed by atoms with Crippen LogP contribution in [0.2, 0.25) is 0 Å². The van der Waals surface area contributed by atoms with Gasteiger partial charge in [0.15, 0.2) is 5.78 Å². The molecular weight excluding hydrogens is 389 g/mol. The molecule has 154 valence electrons. The number of carbonyl (C=O) groups excluding carboxylic acids is 2. The zero-order chi connectivity index (χ0) is 21.3. The average Bonchev–Trinajstić information content (AvgIpc) is 3.15. The molecule has 4 rings (SSSR count). The first-order chi connectivity index (χ1) is 14.4. The van der Waals surface area contributed by atoms with Gasteiger partial charge in [0.25, 0.3) is 5.91 Å². The average molecular weight is 409 g/mol. The number of Topliss-reactive ketones (excluding diaryl/α,β-unsaturated/α-hetero) is 1. The van der Waals surface area contributed by atoms with E-state index in [1.54, 1.807) is 4.90 Å². The van der Waals surface area contributed by atoms with Crippen LogP contribution in [-0.4, -0.2) is 44.4 Å². The fraction of sp³-hybridized carbons (Fsp3) is 0.238. The molecule has 0 radical (unpaired) electrons. The SMILES string of the molecule is Nc1c(C(=O)[C@@H]2CCCN(C(=O)c3ccc(=O)[nH]c3)C2)cnn1-c1ccc(F)cc1. The van der Waals surface area contributed by atoms with Crippen LogP contribution in [0, 0.1) is 11.7 Å². The van der Waals surface area contributed by atoms with Crippen LogP contribution >= 0.6 is 0 Å². The largest absolute Gasteiger partial charge is 0.383 e. The van der Waals surface area contributed by atoms with E-state index in [1.807, 2.05) is 0 Å². The molecule has 3 N–H and O–H groups in total. The Bertz CT molecular complexity index is 1130. The van der Waals surface area contributed by atoms with Crippen LogP contribution in [0.25, 0.3) is 5.69 Å². The lowest BCUT2D eigenvalue weighted by molar-refractivity contribution is 0.0637. The van der Waals surface area contributed by atoms with Crippen molar-refractivity contribution in [3.8, 4) is 5.69 Å². The van der Waals surface area contributed by atoms with Crippen molar-refractivity contribution in [3.63, 3.8) is 0 Å². The highest BCUT2D eigenvalue weighted by atomic mass is 19.1. The summed E-state index contributed by atoms with van der Waals surface area (Å²) in [6.45, 7) is 0.796. The van der Waals surface area contributed by atoms with Gasteiger partial charge in [-0.1, -0.05) is 0 Å². The second kappa shape index (κ2) is 7.94. The maximum atomic E-state index is 13.2. The summed E-state index contributed by atoms with van der Waals surface area (Å²) in [4.78, 5) is 41.1. The molecule has 30 heavy (non-hydrogen) atoms. The topological polar surface area (TPSA) is 114 Å². The number of pyridine rings is 1. The van der Waals surface area contributed by atoms with Gasteiger partial charge in [-0.25, -0.2) is 9.07 Å². The molecule has 1 saturated heterocycles. The number of anilines is 1. The fourth-order valence-electron chi connectivity index (χ4n) is 3.66. The smallest absolute Gasteiger partial charge is 0.255 e. The number of nitrogens with one attached hydrogen (secondary N) is 1. The second-order valence-electron chi connectivity index (χ2n) is 7.23. The molecule has 3 aromatic rings. The molecule has 1 atom stereocenters. The Balaban J connectivity index is 1.52. The molecular formula is C21H20FN5O3. The summed E-state index contributed by atoms with van der Waals surface area (Å²) in [5.41, 5.74) is 7.06. The Kier molecular flexibility index (Phi) is 5.18. The van der Waals surface area contributed by atoms with Gasteiger partial charge in [0, 0.05) is 31.3 Å². The number of aromatic amines is 1. The molecule has 9 heteroatoms. The number of hydrogen-bond donors (Lipinski definition) is 2. The van der Waals surface area contributed by atoms with Crippen molar-refractivity contribution in [1.82, 2.24) is 19.7 Å². The minimum absolute atomic E-state index is 0.177. The molecule has 1 aliphatic heterocycles. The Morgan fingerprint density at radius 3 is 2.63 bits per heavy atom. The monoisotopic (exact) mass is 409 g/mol. The summed E-state index contributed by atoms with van der Waals surface area (Å²) in [6.07, 6.45) is 4.09. The van der Waals surface area contributed by atoms with E-state index in [-0.39, 0.29) is 41.0 Å². The van der Waals surface area contributed by atoms with Crippen LogP contribution in [0.1, 0.15) is 33.6 Å². The van der Waals surface area contributed by atoms with Crippen LogP contribution in [0.4, 0.5) is 10.2 Å². The number of carbonyl (C=O) groups is 2. The molecule has 3 heterocycles. The van der Waals surface area contributed by atoms with Crippen molar-refractivity contribution in [3.05, 3.63) is 76.1 Å². The maximum Gasteiger partial charge on any atom is 0.255 e. The predicted octanol–water partition coefficient (Wildman–Crippen LogP) is 2.02. The van der Waals surface area contributed by atoms with Gasteiger partial charge < -0.3 is 15.6 Å². The van der Waals surface area contributed by atoms with Gasteiger partial charge >= 0.3 is 0 Å². The molecule has 0 aliphatic carbocycles. The number of ketones is 1. The molecule has 0 bridgehead atoms. The number of nitrogens with two attached hydrogens (primary N) is 1. The van der Waals surface area contributed by atoms with Crippen molar-refractivity contribution in [2.24, 2.45) is 5.92 Å². The normalized spacial score (nSPS) is 16.4. The summed E-state index contributed by atoms with van der Waals surface area (Å²) in [5.74, 6) is -1.02. The van der Waals surface area contributed by atoms with Gasteiger partial charge in [-0.05, 0) is 43.2 Å². The van der Waals surface area contributed by atoms with Crippen LogP contribution < -0.4 is 11.3 Å². The molecule has 2 aromatic heterocycles. The zero-order valence-electron chi connectivity index (χ0n) is 16.0. The number of hydrogen-bond acceptors (Lipinski definition) is 5. The summed E-state index contributed by atoms with van der Waals surface area (Å²) in [7, 11) is 0. The summed E-state index contributed by atoms with van der Waals surface area (Å²) in [6, 6.07) is 8.40. The zero-order valence-corrected chi connectivity index (χ0v) is 16.0. The minimum Gasteiger partial charge on any atom is -0.383 e. The highest BCUT2D eigenvalue weighted by Crippen LogP contribution is 2.26. The number of likely N-dealkylation sites (tertiary alicyclic amines) is 1. The lowest BCUT2D eigenvalue weighted by atomic mass is 9.90. The Morgan fingerprint density at radius 1 is 1.17 bits per heavy atom. The van der Waals surface area contributed by atoms with E-state index in [9.17, 15) is 18.8 Å². The van der Waals surface area contributed by atoms with E-state index >= 15 is 0 Å². The predicted molar refractivity (Wildman–Crippen MR) is 108 cm³/mol. The third kappa shape index (κ3) is 3.73. The number of aromatic nitrogens is 3. The number of piperidine rings is 1. The molecule has 0 saturated carbocycles. The van der Waals surface area contributed by atoms with Crippen molar-refractivity contribution in [2.45, 2.75) is 12.8 Å². The van der Waals surface area contributed by atoms with E-state index in [0.717, 1.165) is 0 Å². The van der Waals surface area contributed by atoms with Crippen LogP contribution in [0.3, 0.4) is 0 Å². The number of H-pyrrole nitrogens is 1. The van der Waals surface area contributed by atoms with Gasteiger partial charge in [0.1, 0.15) is 11.6 Å². The van der Waals surface area contributed by atoms with Gasteiger partial charge in [0.2, 0.25) is 5.56 Å². The first kappa shape index (κ1) is 19.6. The van der Waals surface area contributed by atoms with E-state index in [0.29, 0.717) is 30.6 Å². The number of benzene rings is 1. The number of rotatable bonds is 4. The van der Waals surface area contributed by atoms with Crippen molar-refractivity contribution < 1.29 is 14.0 Å². The molecule has 1 amide bonds. The Hall–Kier alpha value is -3.75. The third-order valence-electron chi connectivity index (χ3n) is 5.25. The van der Waals surface area contributed by atoms with Crippen molar-refractivity contribution >= 4 is 17.5 Å². The molecule has 1 fully saturated rings. The van der Waals surface area contributed by atoms with Gasteiger partial charge in [-0.3, -0.25) is 14.4 Å². The third-order valence-corrected chi connectivity index (χ3v) is 5.25. The van der Waals surface area contributed by atoms with E-state index in [4.69, 9.17) is 5.73 Å². The lowest BCUT2D eigenvalue weighted by Gasteiger charge is -2.32.